The van der Waals surface area contributed by atoms with Crippen LogP contribution >= 0.6 is 0 Å². The highest BCUT2D eigenvalue weighted by atomic mass is 15.1. The van der Waals surface area contributed by atoms with Crippen molar-refractivity contribution in [1.29, 1.82) is 5.41 Å². The molecule has 0 radical (unpaired) electrons. The zero-order valence-corrected chi connectivity index (χ0v) is 12.5. The number of amidine groups is 1. The Morgan fingerprint density at radius 2 is 1.80 bits per heavy atom. The van der Waals surface area contributed by atoms with E-state index in [0.717, 1.165) is 23.9 Å². The van der Waals surface area contributed by atoms with E-state index in [1.807, 2.05) is 24.3 Å². The van der Waals surface area contributed by atoms with Crippen LogP contribution in [0.1, 0.15) is 32.8 Å². The molecule has 2 rings (SSSR count). The van der Waals surface area contributed by atoms with E-state index < -0.39 is 0 Å². The molecule has 1 unspecified atom stereocenters. The standard InChI is InChI=1S/C17H23N3/c1-4-12(3)20(5-2)16-11-10-15(17(18)19)13-8-6-7-9-14(13)16/h6-12H,4-5H2,1-3H3,(H3,18,19). The minimum Gasteiger partial charge on any atom is -0.384 e. The lowest BCUT2D eigenvalue weighted by Crippen LogP contribution is -2.32. The van der Waals surface area contributed by atoms with Crippen LogP contribution in [0.5, 0.6) is 0 Å². The van der Waals surface area contributed by atoms with Crippen molar-refractivity contribution in [1.82, 2.24) is 0 Å². The molecule has 0 aliphatic rings. The maximum atomic E-state index is 7.72. The summed E-state index contributed by atoms with van der Waals surface area (Å²) in [4.78, 5) is 2.41. The fourth-order valence-corrected chi connectivity index (χ4v) is 2.71. The molecule has 1 atom stereocenters. The van der Waals surface area contributed by atoms with Crippen LogP contribution < -0.4 is 10.6 Å². The van der Waals surface area contributed by atoms with Gasteiger partial charge in [-0.2, -0.15) is 0 Å². The van der Waals surface area contributed by atoms with Crippen molar-refractivity contribution >= 4 is 22.3 Å². The lowest BCUT2D eigenvalue weighted by molar-refractivity contribution is 0.632. The van der Waals surface area contributed by atoms with Crippen LogP contribution in [0.25, 0.3) is 10.8 Å². The van der Waals surface area contributed by atoms with Crippen LogP contribution in [-0.2, 0) is 0 Å². The SMILES string of the molecule is CCC(C)N(CC)c1ccc(C(=N)N)c2ccccc12. The van der Waals surface area contributed by atoms with Gasteiger partial charge in [0.1, 0.15) is 5.84 Å². The molecule has 2 aromatic carbocycles. The van der Waals surface area contributed by atoms with E-state index in [2.05, 4.69) is 37.8 Å². The second-order valence-corrected chi connectivity index (χ2v) is 5.13. The molecule has 0 aliphatic heterocycles. The van der Waals surface area contributed by atoms with Crippen LogP contribution in [0, 0.1) is 5.41 Å². The fourth-order valence-electron chi connectivity index (χ4n) is 2.71. The van der Waals surface area contributed by atoms with Gasteiger partial charge in [0, 0.05) is 29.2 Å². The molecule has 0 saturated carbocycles. The van der Waals surface area contributed by atoms with E-state index in [9.17, 15) is 0 Å². The zero-order valence-electron chi connectivity index (χ0n) is 12.5. The highest BCUT2D eigenvalue weighted by molar-refractivity contribution is 6.10. The predicted octanol–water partition coefficient (Wildman–Crippen LogP) is 3.75. The van der Waals surface area contributed by atoms with Gasteiger partial charge < -0.3 is 10.6 Å². The van der Waals surface area contributed by atoms with Crippen molar-refractivity contribution in [2.24, 2.45) is 5.73 Å². The highest BCUT2D eigenvalue weighted by Crippen LogP contribution is 2.31. The minimum atomic E-state index is 0.124. The van der Waals surface area contributed by atoms with Crippen molar-refractivity contribution in [2.75, 3.05) is 11.4 Å². The summed E-state index contributed by atoms with van der Waals surface area (Å²) in [6, 6.07) is 12.7. The molecule has 0 amide bonds. The Kier molecular flexibility index (Phi) is 4.28. The molecule has 0 saturated heterocycles. The molecular weight excluding hydrogens is 246 g/mol. The Bertz CT molecular complexity index is 619. The molecule has 3 N–H and O–H groups in total. The van der Waals surface area contributed by atoms with Crippen LogP contribution in [0.2, 0.25) is 0 Å². The molecule has 2 aromatic rings. The van der Waals surface area contributed by atoms with E-state index in [1.54, 1.807) is 0 Å². The van der Waals surface area contributed by atoms with E-state index in [1.165, 1.54) is 11.1 Å². The molecule has 3 heteroatoms. The average molecular weight is 269 g/mol. The number of nitrogens with one attached hydrogen (secondary N) is 1. The Morgan fingerprint density at radius 3 is 2.35 bits per heavy atom. The van der Waals surface area contributed by atoms with Gasteiger partial charge in [-0.3, -0.25) is 5.41 Å². The average Bonchev–Trinajstić information content (AvgIpc) is 2.47. The summed E-state index contributed by atoms with van der Waals surface area (Å²) in [6.45, 7) is 7.61. The lowest BCUT2D eigenvalue weighted by Gasteiger charge is -2.31. The first-order valence-electron chi connectivity index (χ1n) is 7.22. The van der Waals surface area contributed by atoms with E-state index in [-0.39, 0.29) is 5.84 Å². The van der Waals surface area contributed by atoms with Gasteiger partial charge in [-0.25, -0.2) is 0 Å². The van der Waals surface area contributed by atoms with Crippen molar-refractivity contribution < 1.29 is 0 Å². The highest BCUT2D eigenvalue weighted by Gasteiger charge is 2.15. The third kappa shape index (κ3) is 2.48. The van der Waals surface area contributed by atoms with Gasteiger partial charge in [0.15, 0.2) is 0 Å². The van der Waals surface area contributed by atoms with Crippen molar-refractivity contribution in [3.8, 4) is 0 Å². The largest absolute Gasteiger partial charge is 0.384 e. The Labute approximate surface area is 120 Å². The molecule has 0 aliphatic carbocycles. The van der Waals surface area contributed by atoms with Crippen LogP contribution in [0.15, 0.2) is 36.4 Å². The van der Waals surface area contributed by atoms with Gasteiger partial charge in [-0.05, 0) is 37.8 Å². The number of hydrogen-bond donors (Lipinski definition) is 2. The Morgan fingerprint density at radius 1 is 1.15 bits per heavy atom. The van der Waals surface area contributed by atoms with Gasteiger partial charge in [-0.1, -0.05) is 31.2 Å². The number of rotatable bonds is 5. The third-order valence-electron chi connectivity index (χ3n) is 3.96. The summed E-state index contributed by atoms with van der Waals surface area (Å²) < 4.78 is 0. The summed E-state index contributed by atoms with van der Waals surface area (Å²) in [5.41, 5.74) is 7.73. The van der Waals surface area contributed by atoms with Crippen LogP contribution in [0.4, 0.5) is 5.69 Å². The molecule has 0 spiro atoms. The van der Waals surface area contributed by atoms with Gasteiger partial charge in [0.25, 0.3) is 0 Å². The number of anilines is 1. The van der Waals surface area contributed by atoms with Gasteiger partial charge in [0.2, 0.25) is 0 Å². The first-order valence-corrected chi connectivity index (χ1v) is 7.22. The van der Waals surface area contributed by atoms with E-state index >= 15 is 0 Å². The fraction of sp³-hybridized carbons (Fsp3) is 0.353. The van der Waals surface area contributed by atoms with Crippen LogP contribution in [0.3, 0.4) is 0 Å². The van der Waals surface area contributed by atoms with E-state index in [0.29, 0.717) is 6.04 Å². The maximum absolute atomic E-state index is 7.72. The minimum absolute atomic E-state index is 0.124. The molecular formula is C17H23N3. The zero-order chi connectivity index (χ0) is 14.7. The Balaban J connectivity index is 2.66. The Hall–Kier alpha value is -2.03. The maximum Gasteiger partial charge on any atom is 0.123 e. The number of nitrogens with two attached hydrogens (primary N) is 1. The second kappa shape index (κ2) is 5.95. The summed E-state index contributed by atoms with van der Waals surface area (Å²) in [5.74, 6) is 0.124. The van der Waals surface area contributed by atoms with Gasteiger partial charge >= 0.3 is 0 Å². The number of nitrogen functional groups attached to an aromatic ring is 1. The third-order valence-corrected chi connectivity index (χ3v) is 3.96. The molecule has 0 aromatic heterocycles. The first-order chi connectivity index (χ1) is 9.60. The number of nitrogens with zero attached hydrogens (tertiary/aromatic N) is 1. The molecule has 20 heavy (non-hydrogen) atoms. The summed E-state index contributed by atoms with van der Waals surface area (Å²) in [7, 11) is 0. The number of benzene rings is 2. The van der Waals surface area contributed by atoms with Gasteiger partial charge in [-0.15, -0.1) is 0 Å². The normalized spacial score (nSPS) is 12.3. The molecule has 0 heterocycles. The predicted molar refractivity (Wildman–Crippen MR) is 87.7 cm³/mol. The first kappa shape index (κ1) is 14.4. The summed E-state index contributed by atoms with van der Waals surface area (Å²) in [6.07, 6.45) is 1.11. The van der Waals surface area contributed by atoms with Crippen molar-refractivity contribution in [2.45, 2.75) is 33.2 Å². The monoisotopic (exact) mass is 269 g/mol. The van der Waals surface area contributed by atoms with E-state index in [4.69, 9.17) is 11.1 Å². The summed E-state index contributed by atoms with van der Waals surface area (Å²) >= 11 is 0. The molecule has 0 bridgehead atoms. The quantitative estimate of drug-likeness (QED) is 0.641. The van der Waals surface area contributed by atoms with Crippen molar-refractivity contribution in [3.05, 3.63) is 42.0 Å². The van der Waals surface area contributed by atoms with Gasteiger partial charge in [0.05, 0.1) is 0 Å². The summed E-state index contributed by atoms with van der Waals surface area (Å²) in [5, 5.41) is 9.95. The van der Waals surface area contributed by atoms with Crippen molar-refractivity contribution in [3.63, 3.8) is 0 Å². The second-order valence-electron chi connectivity index (χ2n) is 5.13. The molecule has 0 fully saturated rings. The smallest absolute Gasteiger partial charge is 0.123 e. The molecule has 106 valence electrons. The topological polar surface area (TPSA) is 53.1 Å². The number of hydrogen-bond acceptors (Lipinski definition) is 2. The van der Waals surface area contributed by atoms with Crippen LogP contribution in [-0.4, -0.2) is 18.4 Å². The molecule has 3 nitrogen and oxygen atoms in total. The number of fused-ring (bicyclic) bond motifs is 1. The lowest BCUT2D eigenvalue weighted by atomic mass is 10.0.